The van der Waals surface area contributed by atoms with Crippen LogP contribution in [-0.2, 0) is 6.44 Å². The maximum atomic E-state index is 12.1. The van der Waals surface area contributed by atoms with E-state index in [4.69, 9.17) is 0 Å². The van der Waals surface area contributed by atoms with E-state index in [1.165, 1.54) is 13.0 Å². The van der Waals surface area contributed by atoms with Crippen molar-refractivity contribution in [1.29, 1.82) is 0 Å². The summed E-state index contributed by atoms with van der Waals surface area (Å²) in [5.41, 5.74) is -0.313. The van der Waals surface area contributed by atoms with Gasteiger partial charge >= 0.3 is 6.98 Å². The van der Waals surface area contributed by atoms with Crippen LogP contribution in [0, 0.1) is 6.92 Å². The van der Waals surface area contributed by atoms with Crippen LogP contribution >= 0.6 is 15.9 Å². The first-order chi connectivity index (χ1) is 6.29. The highest BCUT2D eigenvalue weighted by atomic mass is 79.9. The van der Waals surface area contributed by atoms with Gasteiger partial charge in [0.1, 0.15) is 0 Å². The van der Waals surface area contributed by atoms with Gasteiger partial charge in [0.05, 0.1) is 0 Å². The molecule has 0 bridgehead atoms. The zero-order valence-electron chi connectivity index (χ0n) is 7.31. The van der Waals surface area contributed by atoms with Gasteiger partial charge in [-0.1, -0.05) is 0 Å². The Bertz CT molecular complexity index is 401. The Morgan fingerprint density at radius 3 is 2.57 bits per heavy atom. The SMILES string of the molecule is Cc1cc(Br)cn(C[B-](F)(F)F)c1=O. The molecule has 7 heteroatoms. The third-order valence-corrected chi connectivity index (χ3v) is 2.07. The topological polar surface area (TPSA) is 22.0 Å². The van der Waals surface area contributed by atoms with Gasteiger partial charge in [-0.2, -0.15) is 0 Å². The number of rotatable bonds is 2. The fourth-order valence-corrected chi connectivity index (χ4v) is 1.69. The summed E-state index contributed by atoms with van der Waals surface area (Å²) in [6, 6.07) is 1.49. The molecular formula is C7H7BBrF3NO-. The molecule has 0 atom stereocenters. The molecule has 0 amide bonds. The number of pyridine rings is 1. The van der Waals surface area contributed by atoms with E-state index in [0.29, 0.717) is 14.6 Å². The van der Waals surface area contributed by atoms with Crippen molar-refractivity contribution < 1.29 is 12.9 Å². The number of aromatic nitrogens is 1. The average Bonchev–Trinajstić information content (AvgIpc) is 1.96. The number of hydrogen-bond acceptors (Lipinski definition) is 1. The van der Waals surface area contributed by atoms with Crippen molar-refractivity contribution in [2.45, 2.75) is 13.4 Å². The molecule has 0 aliphatic carbocycles. The molecule has 78 valence electrons. The van der Waals surface area contributed by atoms with Crippen LogP contribution in [0.1, 0.15) is 5.56 Å². The van der Waals surface area contributed by atoms with Crippen LogP contribution in [0.4, 0.5) is 12.9 Å². The number of halogens is 4. The van der Waals surface area contributed by atoms with Crippen LogP contribution in [0.3, 0.4) is 0 Å². The van der Waals surface area contributed by atoms with Crippen molar-refractivity contribution in [2.24, 2.45) is 0 Å². The van der Waals surface area contributed by atoms with Crippen molar-refractivity contribution in [3.05, 3.63) is 32.7 Å². The van der Waals surface area contributed by atoms with Gasteiger partial charge in [-0.15, -0.1) is 0 Å². The normalized spacial score (nSPS) is 11.8. The summed E-state index contributed by atoms with van der Waals surface area (Å²) in [7, 11) is 0. The average molecular weight is 269 g/mol. The standard InChI is InChI=1S/C7H7BBrF3NO/c1-5-2-6(9)3-13(7(5)14)4-8(10,11)12/h2-3H,4H2,1H3/q-1. The molecule has 1 rings (SSSR count). The lowest BCUT2D eigenvalue weighted by molar-refractivity contribution is 0.442. The summed E-state index contributed by atoms with van der Waals surface area (Å²) in [6.45, 7) is -3.51. The monoisotopic (exact) mass is 268 g/mol. The molecule has 0 spiro atoms. The van der Waals surface area contributed by atoms with Crippen molar-refractivity contribution in [3.8, 4) is 0 Å². The summed E-state index contributed by atoms with van der Waals surface area (Å²) >= 11 is 3.03. The van der Waals surface area contributed by atoms with Gasteiger partial charge in [0.2, 0.25) is 0 Å². The molecule has 0 N–H and O–H groups in total. The van der Waals surface area contributed by atoms with Crippen LogP contribution in [0.2, 0.25) is 0 Å². The van der Waals surface area contributed by atoms with Crippen LogP contribution in [0.15, 0.2) is 21.5 Å². The first kappa shape index (κ1) is 11.4. The molecule has 0 saturated heterocycles. The van der Waals surface area contributed by atoms with E-state index in [1.807, 2.05) is 0 Å². The zero-order chi connectivity index (χ0) is 10.9. The number of hydrogen-bond donors (Lipinski definition) is 0. The largest absolute Gasteiger partial charge is 0.497 e. The smallest absolute Gasteiger partial charge is 0.448 e. The van der Waals surface area contributed by atoms with Crippen LogP contribution in [0.25, 0.3) is 0 Å². The molecule has 0 aromatic carbocycles. The van der Waals surface area contributed by atoms with Gasteiger partial charge in [0.15, 0.2) is 0 Å². The minimum atomic E-state index is -4.99. The molecule has 1 heterocycles. The Labute approximate surface area is 86.9 Å². The van der Waals surface area contributed by atoms with Gasteiger partial charge < -0.3 is 17.5 Å². The van der Waals surface area contributed by atoms with E-state index >= 15 is 0 Å². The van der Waals surface area contributed by atoms with Gasteiger partial charge in [-0.3, -0.25) is 4.79 Å². The summed E-state index contributed by atoms with van der Waals surface area (Å²) < 4.78 is 37.4. The molecule has 0 aliphatic rings. The Kier molecular flexibility index (Phi) is 3.09. The highest BCUT2D eigenvalue weighted by molar-refractivity contribution is 9.10. The fraction of sp³-hybridized carbons (Fsp3) is 0.286. The van der Waals surface area contributed by atoms with Crippen molar-refractivity contribution >= 4 is 22.9 Å². The Morgan fingerprint density at radius 1 is 1.50 bits per heavy atom. The molecule has 1 aromatic heterocycles. The van der Waals surface area contributed by atoms with Gasteiger partial charge in [-0.05, 0) is 35.4 Å². The molecule has 0 saturated carbocycles. The molecule has 0 radical (unpaired) electrons. The maximum Gasteiger partial charge on any atom is 0.497 e. The lowest BCUT2D eigenvalue weighted by Gasteiger charge is -2.16. The Morgan fingerprint density at radius 2 is 2.07 bits per heavy atom. The van der Waals surface area contributed by atoms with E-state index in [-0.39, 0.29) is 0 Å². The predicted molar refractivity (Wildman–Crippen MR) is 52.2 cm³/mol. The summed E-state index contributed by atoms with van der Waals surface area (Å²) in [6.07, 6.45) is -0.0519. The first-order valence-electron chi connectivity index (χ1n) is 3.87. The molecule has 0 unspecified atom stereocenters. The second kappa shape index (κ2) is 3.80. The van der Waals surface area contributed by atoms with Crippen LogP contribution in [-0.4, -0.2) is 11.5 Å². The highest BCUT2D eigenvalue weighted by Gasteiger charge is 2.24. The molecule has 14 heavy (non-hydrogen) atoms. The molecule has 1 aromatic rings. The lowest BCUT2D eigenvalue weighted by atomic mass is 9.92. The van der Waals surface area contributed by atoms with Gasteiger partial charge in [0.25, 0.3) is 5.56 Å². The molecule has 0 aliphatic heterocycles. The second-order valence-corrected chi connectivity index (χ2v) is 3.92. The fourth-order valence-electron chi connectivity index (χ4n) is 1.10. The van der Waals surface area contributed by atoms with Crippen LogP contribution in [0.5, 0.6) is 0 Å². The van der Waals surface area contributed by atoms with Gasteiger partial charge in [0, 0.05) is 16.2 Å². The van der Waals surface area contributed by atoms with E-state index in [1.54, 1.807) is 0 Å². The Hall–Kier alpha value is -0.715. The van der Waals surface area contributed by atoms with Crippen molar-refractivity contribution in [2.75, 3.05) is 0 Å². The molecule has 0 fully saturated rings. The van der Waals surface area contributed by atoms with Gasteiger partial charge in [-0.25, -0.2) is 0 Å². The minimum absolute atomic E-state index is 0.291. The predicted octanol–water partition coefficient (Wildman–Crippen LogP) is 2.31. The Balaban J connectivity index is 3.16. The summed E-state index contributed by atoms with van der Waals surface area (Å²) in [5.74, 6) is 0. The number of aryl methyl sites for hydroxylation is 1. The van der Waals surface area contributed by atoms with E-state index in [2.05, 4.69) is 15.9 Å². The highest BCUT2D eigenvalue weighted by Crippen LogP contribution is 2.13. The quantitative estimate of drug-likeness (QED) is 0.755. The van der Waals surface area contributed by atoms with Crippen LogP contribution < -0.4 is 5.56 Å². The maximum absolute atomic E-state index is 12.1. The lowest BCUT2D eigenvalue weighted by Crippen LogP contribution is -2.32. The molecular weight excluding hydrogens is 262 g/mol. The summed E-state index contributed by atoms with van der Waals surface area (Å²) in [4.78, 5) is 11.3. The third-order valence-electron chi connectivity index (χ3n) is 1.64. The molecule has 2 nitrogen and oxygen atoms in total. The van der Waals surface area contributed by atoms with Crippen molar-refractivity contribution in [1.82, 2.24) is 4.57 Å². The third kappa shape index (κ3) is 2.90. The zero-order valence-corrected chi connectivity index (χ0v) is 8.89. The van der Waals surface area contributed by atoms with Crippen molar-refractivity contribution in [3.63, 3.8) is 0 Å². The van der Waals surface area contributed by atoms with E-state index in [9.17, 15) is 17.7 Å². The van der Waals surface area contributed by atoms with E-state index in [0.717, 1.165) is 6.20 Å². The summed E-state index contributed by atoms with van der Waals surface area (Å²) in [5, 5.41) is 0. The number of nitrogens with zero attached hydrogens (tertiary/aromatic N) is 1. The first-order valence-corrected chi connectivity index (χ1v) is 4.66. The minimum Gasteiger partial charge on any atom is -0.448 e. The van der Waals surface area contributed by atoms with E-state index < -0.39 is 19.0 Å². The second-order valence-electron chi connectivity index (χ2n) is 3.01.